The van der Waals surface area contributed by atoms with E-state index in [4.69, 9.17) is 5.26 Å². The van der Waals surface area contributed by atoms with E-state index in [2.05, 4.69) is 27.1 Å². The third kappa shape index (κ3) is 2.12. The van der Waals surface area contributed by atoms with Crippen LogP contribution in [0.25, 0.3) is 0 Å². The largest absolute Gasteiger partial charge is 0.351 e. The van der Waals surface area contributed by atoms with Gasteiger partial charge in [0.15, 0.2) is 5.69 Å². The topological polar surface area (TPSA) is 64.8 Å². The van der Waals surface area contributed by atoms with Crippen molar-refractivity contribution in [3.63, 3.8) is 0 Å². The van der Waals surface area contributed by atoms with Crippen LogP contribution in [-0.4, -0.2) is 35.6 Å². The second-order valence-corrected chi connectivity index (χ2v) is 3.80. The smallest absolute Gasteiger partial charge is 0.158 e. The highest BCUT2D eigenvalue weighted by Crippen LogP contribution is 2.16. The number of aromatic nitrogens is 2. The lowest BCUT2D eigenvalue weighted by atomic mass is 10.2. The summed E-state index contributed by atoms with van der Waals surface area (Å²) in [4.78, 5) is 10.6. The van der Waals surface area contributed by atoms with Crippen LogP contribution < -0.4 is 10.2 Å². The molecule has 1 aromatic rings. The number of nitrogens with one attached hydrogen (secondary N) is 1. The van der Waals surface area contributed by atoms with Crippen molar-refractivity contribution in [2.45, 2.75) is 19.4 Å². The number of nitriles is 1. The summed E-state index contributed by atoms with van der Waals surface area (Å²) in [6.45, 7) is 5.07. The van der Waals surface area contributed by atoms with Crippen molar-refractivity contribution >= 4 is 5.82 Å². The molecule has 84 valence electrons. The van der Waals surface area contributed by atoms with Gasteiger partial charge in [0.25, 0.3) is 0 Å². The van der Waals surface area contributed by atoms with Crippen LogP contribution >= 0.6 is 0 Å². The van der Waals surface area contributed by atoms with Crippen molar-refractivity contribution in [1.82, 2.24) is 15.3 Å². The number of hydrogen-bond acceptors (Lipinski definition) is 5. The molecule has 0 aromatic carbocycles. The molecule has 2 heterocycles. The fourth-order valence-corrected chi connectivity index (χ4v) is 2.04. The third-order valence-corrected chi connectivity index (χ3v) is 2.86. The summed E-state index contributed by atoms with van der Waals surface area (Å²) >= 11 is 0. The maximum Gasteiger partial charge on any atom is 0.158 e. The monoisotopic (exact) mass is 217 g/mol. The first-order chi connectivity index (χ1) is 7.85. The van der Waals surface area contributed by atoms with Crippen LogP contribution in [0, 0.1) is 11.3 Å². The van der Waals surface area contributed by atoms with Crippen LogP contribution in [0.3, 0.4) is 0 Å². The molecule has 1 aliphatic heterocycles. The first kappa shape index (κ1) is 10.8. The highest BCUT2D eigenvalue weighted by molar-refractivity contribution is 5.39. The van der Waals surface area contributed by atoms with Gasteiger partial charge in [-0.15, -0.1) is 0 Å². The summed E-state index contributed by atoms with van der Waals surface area (Å²) in [5.74, 6) is 0.857. The van der Waals surface area contributed by atoms with E-state index in [0.717, 1.165) is 31.9 Å². The SMILES string of the molecule is CCN(c1cnc(C#N)cn1)C1CCNC1. The lowest BCUT2D eigenvalue weighted by molar-refractivity contribution is 0.639. The molecule has 1 atom stereocenters. The fraction of sp³-hybridized carbons (Fsp3) is 0.545. The molecule has 0 amide bonds. The van der Waals surface area contributed by atoms with Crippen molar-refractivity contribution in [2.24, 2.45) is 0 Å². The minimum absolute atomic E-state index is 0.365. The normalized spacial score (nSPS) is 19.4. The lowest BCUT2D eigenvalue weighted by Gasteiger charge is -2.27. The molecule has 1 saturated heterocycles. The fourth-order valence-electron chi connectivity index (χ4n) is 2.04. The first-order valence-corrected chi connectivity index (χ1v) is 5.54. The van der Waals surface area contributed by atoms with E-state index in [0.29, 0.717) is 11.7 Å². The maximum atomic E-state index is 8.66. The summed E-state index contributed by atoms with van der Waals surface area (Å²) in [7, 11) is 0. The Morgan fingerprint density at radius 2 is 2.44 bits per heavy atom. The van der Waals surface area contributed by atoms with Crippen LogP contribution in [-0.2, 0) is 0 Å². The summed E-state index contributed by atoms with van der Waals surface area (Å²) in [6.07, 6.45) is 4.34. The minimum atomic E-state index is 0.365. The van der Waals surface area contributed by atoms with Crippen LogP contribution in [0.2, 0.25) is 0 Å². The van der Waals surface area contributed by atoms with Crippen molar-refractivity contribution in [1.29, 1.82) is 5.26 Å². The molecule has 0 bridgehead atoms. The van der Waals surface area contributed by atoms with Gasteiger partial charge in [-0.1, -0.05) is 0 Å². The molecule has 2 rings (SSSR count). The van der Waals surface area contributed by atoms with Gasteiger partial charge in [0.05, 0.1) is 12.4 Å². The average molecular weight is 217 g/mol. The molecule has 1 N–H and O–H groups in total. The van der Waals surface area contributed by atoms with Gasteiger partial charge in [-0.25, -0.2) is 9.97 Å². The van der Waals surface area contributed by atoms with Crippen LogP contribution in [0.1, 0.15) is 19.0 Å². The summed E-state index contributed by atoms with van der Waals surface area (Å²) < 4.78 is 0. The summed E-state index contributed by atoms with van der Waals surface area (Å²) in [5.41, 5.74) is 0.365. The quantitative estimate of drug-likeness (QED) is 0.800. The number of anilines is 1. The van der Waals surface area contributed by atoms with Gasteiger partial charge in [-0.3, -0.25) is 0 Å². The van der Waals surface area contributed by atoms with Crippen molar-refractivity contribution in [3.05, 3.63) is 18.1 Å². The molecule has 5 heteroatoms. The molecule has 5 nitrogen and oxygen atoms in total. The predicted octanol–water partition coefficient (Wildman–Crippen LogP) is 0.536. The molecule has 1 aliphatic rings. The average Bonchev–Trinajstić information content (AvgIpc) is 2.85. The van der Waals surface area contributed by atoms with Gasteiger partial charge in [-0.05, 0) is 19.9 Å². The van der Waals surface area contributed by atoms with Crippen LogP contribution in [0.5, 0.6) is 0 Å². The molecule has 0 aliphatic carbocycles. The Bertz CT molecular complexity index is 374. The minimum Gasteiger partial charge on any atom is -0.351 e. The standard InChI is InChI=1S/C11H15N5/c1-2-16(10-3-4-13-7-10)11-8-14-9(5-12)6-15-11/h6,8,10,13H,2-4,7H2,1H3. The van der Waals surface area contributed by atoms with Gasteiger partial charge >= 0.3 is 0 Å². The Balaban J connectivity index is 2.16. The van der Waals surface area contributed by atoms with Crippen molar-refractivity contribution < 1.29 is 0 Å². The highest BCUT2D eigenvalue weighted by atomic mass is 15.2. The van der Waals surface area contributed by atoms with Crippen molar-refractivity contribution in [3.8, 4) is 6.07 Å². The van der Waals surface area contributed by atoms with E-state index in [1.165, 1.54) is 6.20 Å². The van der Waals surface area contributed by atoms with Crippen LogP contribution in [0.15, 0.2) is 12.4 Å². The molecule has 1 aromatic heterocycles. The number of hydrogen-bond donors (Lipinski definition) is 1. The molecule has 0 saturated carbocycles. The van der Waals surface area contributed by atoms with Gasteiger partial charge in [0.2, 0.25) is 0 Å². The van der Waals surface area contributed by atoms with E-state index in [1.54, 1.807) is 6.20 Å². The molecular formula is C11H15N5. The Morgan fingerprint density at radius 1 is 1.56 bits per heavy atom. The summed E-state index contributed by atoms with van der Waals surface area (Å²) in [6, 6.07) is 2.47. The van der Waals surface area contributed by atoms with Gasteiger partial charge in [0.1, 0.15) is 11.9 Å². The zero-order valence-corrected chi connectivity index (χ0v) is 9.35. The maximum absolute atomic E-state index is 8.66. The molecular weight excluding hydrogens is 202 g/mol. The number of nitrogens with zero attached hydrogens (tertiary/aromatic N) is 4. The van der Waals surface area contributed by atoms with Gasteiger partial charge < -0.3 is 10.2 Å². The van der Waals surface area contributed by atoms with Crippen LogP contribution in [0.4, 0.5) is 5.82 Å². The molecule has 0 spiro atoms. The van der Waals surface area contributed by atoms with E-state index in [9.17, 15) is 0 Å². The highest BCUT2D eigenvalue weighted by Gasteiger charge is 2.22. The Labute approximate surface area is 95.1 Å². The molecule has 16 heavy (non-hydrogen) atoms. The second kappa shape index (κ2) is 4.90. The lowest BCUT2D eigenvalue weighted by Crippen LogP contribution is -2.37. The van der Waals surface area contributed by atoms with E-state index in [1.807, 2.05) is 6.07 Å². The Kier molecular flexibility index (Phi) is 3.32. The van der Waals surface area contributed by atoms with Gasteiger partial charge in [0, 0.05) is 19.1 Å². The summed E-state index contributed by atoms with van der Waals surface area (Å²) in [5, 5.41) is 12.0. The van der Waals surface area contributed by atoms with E-state index in [-0.39, 0.29) is 0 Å². The van der Waals surface area contributed by atoms with Gasteiger partial charge in [-0.2, -0.15) is 5.26 Å². The second-order valence-electron chi connectivity index (χ2n) is 3.80. The Hall–Kier alpha value is -1.67. The zero-order chi connectivity index (χ0) is 11.4. The number of likely N-dealkylation sites (N-methyl/N-ethyl adjacent to an activating group) is 1. The van der Waals surface area contributed by atoms with E-state index < -0.39 is 0 Å². The zero-order valence-electron chi connectivity index (χ0n) is 9.35. The molecule has 0 radical (unpaired) electrons. The van der Waals surface area contributed by atoms with Crippen molar-refractivity contribution in [2.75, 3.05) is 24.5 Å². The number of rotatable bonds is 3. The van der Waals surface area contributed by atoms with E-state index >= 15 is 0 Å². The molecule has 1 unspecified atom stereocenters. The first-order valence-electron chi connectivity index (χ1n) is 5.54. The molecule has 1 fully saturated rings. The third-order valence-electron chi connectivity index (χ3n) is 2.86. The Morgan fingerprint density at radius 3 is 2.94 bits per heavy atom. The predicted molar refractivity (Wildman–Crippen MR) is 61.0 cm³/mol.